The molecule has 136 valence electrons. The maximum absolute atomic E-state index is 12.7. The van der Waals surface area contributed by atoms with Crippen molar-refractivity contribution in [1.82, 2.24) is 5.32 Å². The summed E-state index contributed by atoms with van der Waals surface area (Å²) in [5, 5.41) is 3.30. The number of rotatable bonds is 7. The van der Waals surface area contributed by atoms with Crippen molar-refractivity contribution in [2.75, 3.05) is 6.54 Å². The van der Waals surface area contributed by atoms with E-state index in [9.17, 15) is 13.2 Å². The Balaban J connectivity index is 1.84. The summed E-state index contributed by atoms with van der Waals surface area (Å²) in [5.41, 5.74) is 2.79. The van der Waals surface area contributed by atoms with Gasteiger partial charge in [-0.2, -0.15) is 13.2 Å². The lowest BCUT2D eigenvalue weighted by Crippen LogP contribution is -2.18. The fourth-order valence-corrected chi connectivity index (χ4v) is 2.65. The molecule has 0 heterocycles. The van der Waals surface area contributed by atoms with Gasteiger partial charge in [-0.15, -0.1) is 0 Å². The molecule has 2 rings (SSSR count). The Hall–Kier alpha value is -1.81. The molecule has 0 saturated carbocycles. The van der Waals surface area contributed by atoms with E-state index in [4.69, 9.17) is 0 Å². The first-order valence-electron chi connectivity index (χ1n) is 8.68. The van der Waals surface area contributed by atoms with E-state index in [-0.39, 0.29) is 5.41 Å². The molecule has 0 saturated heterocycles. The van der Waals surface area contributed by atoms with Crippen molar-refractivity contribution in [2.45, 2.75) is 51.7 Å². The lowest BCUT2D eigenvalue weighted by Gasteiger charge is -2.23. The highest BCUT2D eigenvalue weighted by Gasteiger charge is 2.30. The first-order valence-corrected chi connectivity index (χ1v) is 8.68. The number of hydrogen-bond donors (Lipinski definition) is 1. The van der Waals surface area contributed by atoms with Crippen molar-refractivity contribution in [3.05, 3.63) is 70.8 Å². The van der Waals surface area contributed by atoms with Crippen LogP contribution < -0.4 is 5.32 Å². The number of halogens is 3. The standard InChI is InChI=1S/C21H26F3N/c1-4-20(2,3)18-10-8-17(9-11-18)15-25-13-12-16-6-5-7-19(14-16)21(22,23)24/h5-11,14,25H,4,12-13,15H2,1-3H3. The van der Waals surface area contributed by atoms with Crippen molar-refractivity contribution in [1.29, 1.82) is 0 Å². The second-order valence-corrected chi connectivity index (χ2v) is 7.06. The van der Waals surface area contributed by atoms with Crippen molar-refractivity contribution in [3.63, 3.8) is 0 Å². The Kier molecular flexibility index (Phi) is 6.28. The first kappa shape index (κ1) is 19.5. The molecule has 1 N–H and O–H groups in total. The Morgan fingerprint density at radius 1 is 0.880 bits per heavy atom. The lowest BCUT2D eigenvalue weighted by molar-refractivity contribution is -0.137. The molecule has 2 aromatic rings. The predicted octanol–water partition coefficient (Wildman–Crippen LogP) is 5.73. The Labute approximate surface area is 148 Å². The zero-order chi connectivity index (χ0) is 18.5. The lowest BCUT2D eigenvalue weighted by atomic mass is 9.82. The third-order valence-corrected chi connectivity index (χ3v) is 4.79. The highest BCUT2D eigenvalue weighted by molar-refractivity contribution is 5.28. The molecule has 0 bridgehead atoms. The fourth-order valence-electron chi connectivity index (χ4n) is 2.65. The van der Waals surface area contributed by atoms with Crippen molar-refractivity contribution in [2.24, 2.45) is 0 Å². The highest BCUT2D eigenvalue weighted by atomic mass is 19.4. The summed E-state index contributed by atoms with van der Waals surface area (Å²) in [6.45, 7) is 8.00. The molecule has 1 nitrogen and oxygen atoms in total. The van der Waals surface area contributed by atoms with Gasteiger partial charge < -0.3 is 5.32 Å². The quantitative estimate of drug-likeness (QED) is 0.630. The van der Waals surface area contributed by atoms with Crippen LogP contribution in [0.5, 0.6) is 0 Å². The van der Waals surface area contributed by atoms with Gasteiger partial charge in [0.05, 0.1) is 5.56 Å². The Morgan fingerprint density at radius 2 is 1.56 bits per heavy atom. The molecule has 0 fully saturated rings. The van der Waals surface area contributed by atoms with Crippen LogP contribution in [0, 0.1) is 0 Å². The van der Waals surface area contributed by atoms with Crippen LogP contribution in [0.2, 0.25) is 0 Å². The van der Waals surface area contributed by atoms with Gasteiger partial charge in [-0.3, -0.25) is 0 Å². The molecule has 0 aliphatic rings. The zero-order valence-electron chi connectivity index (χ0n) is 15.1. The van der Waals surface area contributed by atoms with Crippen LogP contribution in [0.4, 0.5) is 13.2 Å². The molecule has 0 aliphatic carbocycles. The van der Waals surface area contributed by atoms with Crippen LogP contribution in [0.3, 0.4) is 0 Å². The number of benzene rings is 2. The fraction of sp³-hybridized carbons (Fsp3) is 0.429. The number of nitrogens with one attached hydrogen (secondary N) is 1. The van der Waals surface area contributed by atoms with Crippen LogP contribution in [0.1, 0.15) is 49.4 Å². The Morgan fingerprint density at radius 3 is 2.16 bits per heavy atom. The van der Waals surface area contributed by atoms with E-state index in [1.54, 1.807) is 6.07 Å². The van der Waals surface area contributed by atoms with E-state index in [0.717, 1.165) is 12.5 Å². The highest BCUT2D eigenvalue weighted by Crippen LogP contribution is 2.29. The van der Waals surface area contributed by atoms with E-state index < -0.39 is 11.7 Å². The summed E-state index contributed by atoms with van der Waals surface area (Å²) in [7, 11) is 0. The minimum Gasteiger partial charge on any atom is -0.312 e. The van der Waals surface area contributed by atoms with E-state index in [0.29, 0.717) is 25.1 Å². The van der Waals surface area contributed by atoms with Crippen LogP contribution in [-0.4, -0.2) is 6.54 Å². The molecular weight excluding hydrogens is 323 g/mol. The van der Waals surface area contributed by atoms with Gasteiger partial charge in [0.2, 0.25) is 0 Å². The third-order valence-electron chi connectivity index (χ3n) is 4.79. The summed E-state index contributed by atoms with van der Waals surface area (Å²) in [4.78, 5) is 0. The topological polar surface area (TPSA) is 12.0 Å². The van der Waals surface area contributed by atoms with Crippen molar-refractivity contribution < 1.29 is 13.2 Å². The summed E-state index contributed by atoms with van der Waals surface area (Å²) < 4.78 is 38.1. The third kappa shape index (κ3) is 5.60. The van der Waals surface area contributed by atoms with Gasteiger partial charge in [-0.1, -0.05) is 63.2 Å². The molecule has 0 unspecified atom stereocenters. The summed E-state index contributed by atoms with van der Waals surface area (Å²) in [5.74, 6) is 0. The van der Waals surface area contributed by atoms with Crippen LogP contribution in [0.15, 0.2) is 48.5 Å². The minimum atomic E-state index is -4.28. The summed E-state index contributed by atoms with van der Waals surface area (Å²) >= 11 is 0. The molecule has 2 aromatic carbocycles. The molecule has 0 spiro atoms. The molecule has 0 radical (unpaired) electrons. The Bertz CT molecular complexity index is 672. The van der Waals surface area contributed by atoms with E-state index >= 15 is 0 Å². The zero-order valence-corrected chi connectivity index (χ0v) is 15.1. The average Bonchev–Trinajstić information content (AvgIpc) is 2.59. The second-order valence-electron chi connectivity index (χ2n) is 7.06. The monoisotopic (exact) mass is 349 g/mol. The minimum absolute atomic E-state index is 0.176. The molecule has 0 aliphatic heterocycles. The van der Waals surface area contributed by atoms with Crippen molar-refractivity contribution in [3.8, 4) is 0 Å². The second kappa shape index (κ2) is 8.05. The molecule has 0 atom stereocenters. The molecule has 4 heteroatoms. The van der Waals surface area contributed by atoms with Crippen LogP contribution in [0.25, 0.3) is 0 Å². The van der Waals surface area contributed by atoms with Crippen LogP contribution in [-0.2, 0) is 24.6 Å². The van der Waals surface area contributed by atoms with E-state index in [1.807, 2.05) is 0 Å². The van der Waals surface area contributed by atoms with Gasteiger partial charge in [0.1, 0.15) is 0 Å². The normalized spacial score (nSPS) is 12.4. The van der Waals surface area contributed by atoms with Crippen molar-refractivity contribution >= 4 is 0 Å². The van der Waals surface area contributed by atoms with Gasteiger partial charge in [-0.25, -0.2) is 0 Å². The van der Waals surface area contributed by atoms with Gasteiger partial charge in [0.15, 0.2) is 0 Å². The van der Waals surface area contributed by atoms with Gasteiger partial charge in [0, 0.05) is 6.54 Å². The SMILES string of the molecule is CCC(C)(C)c1ccc(CNCCc2cccc(C(F)(F)F)c2)cc1. The number of hydrogen-bond acceptors (Lipinski definition) is 1. The van der Waals surface area contributed by atoms with E-state index in [2.05, 4.69) is 50.4 Å². The van der Waals surface area contributed by atoms with Gasteiger partial charge >= 0.3 is 6.18 Å². The van der Waals surface area contributed by atoms with Crippen LogP contribution >= 0.6 is 0 Å². The van der Waals surface area contributed by atoms with Gasteiger partial charge in [0.25, 0.3) is 0 Å². The maximum atomic E-state index is 12.7. The average molecular weight is 349 g/mol. The number of alkyl halides is 3. The largest absolute Gasteiger partial charge is 0.416 e. The smallest absolute Gasteiger partial charge is 0.312 e. The molecular formula is C21H26F3N. The first-order chi connectivity index (χ1) is 11.7. The maximum Gasteiger partial charge on any atom is 0.416 e. The molecule has 0 amide bonds. The van der Waals surface area contributed by atoms with Gasteiger partial charge in [-0.05, 0) is 47.6 Å². The summed E-state index contributed by atoms with van der Waals surface area (Å²) in [6.07, 6.45) is -2.62. The predicted molar refractivity (Wildman–Crippen MR) is 96.6 cm³/mol. The molecule has 25 heavy (non-hydrogen) atoms. The summed E-state index contributed by atoms with van der Waals surface area (Å²) in [6, 6.07) is 14.1. The van der Waals surface area contributed by atoms with E-state index in [1.165, 1.54) is 23.3 Å². The molecule has 0 aromatic heterocycles.